The average molecular weight is 416 g/mol. The number of para-hydroxylation sites is 1. The van der Waals surface area contributed by atoms with Crippen molar-refractivity contribution >= 4 is 17.2 Å². The maximum atomic E-state index is 13.8. The number of ketones is 1. The first-order chi connectivity index (χ1) is 15.7. The number of benzene rings is 4. The lowest BCUT2D eigenvalue weighted by Crippen LogP contribution is -2.22. The monoisotopic (exact) mass is 415 g/mol. The first-order valence-corrected chi connectivity index (χ1v) is 11.0. The molecule has 5 rings (SSSR count). The number of carbonyl (C=O) groups is 1. The Hall–Kier alpha value is -3.91. The number of rotatable bonds is 5. The van der Waals surface area contributed by atoms with Crippen molar-refractivity contribution in [2.45, 2.75) is 19.4 Å². The second kappa shape index (κ2) is 8.68. The predicted octanol–water partition coefficient (Wildman–Crippen LogP) is 7.24. The zero-order valence-corrected chi connectivity index (χ0v) is 18.1. The summed E-state index contributed by atoms with van der Waals surface area (Å²) in [6.45, 7) is 2.10. The van der Waals surface area contributed by atoms with Crippen molar-refractivity contribution in [3.8, 4) is 0 Å². The second-order valence-corrected chi connectivity index (χ2v) is 8.22. The molecule has 0 spiro atoms. The SMILES string of the molecule is Cc1ccc([C@H]2CC(C(=O)c3ccccc3)=C(c3ccccc3)N2c2ccccc2)cc1. The van der Waals surface area contributed by atoms with E-state index in [1.807, 2.05) is 54.6 Å². The number of Topliss-reactive ketones (excluding diaryl/α,β-unsaturated/α-hetero) is 1. The van der Waals surface area contributed by atoms with Crippen molar-refractivity contribution in [3.63, 3.8) is 0 Å². The minimum Gasteiger partial charge on any atom is -0.333 e. The summed E-state index contributed by atoms with van der Waals surface area (Å²) in [7, 11) is 0. The lowest BCUT2D eigenvalue weighted by molar-refractivity contribution is 0.103. The molecule has 0 radical (unpaired) electrons. The van der Waals surface area contributed by atoms with E-state index in [1.54, 1.807) is 0 Å². The molecule has 1 aliphatic heterocycles. The van der Waals surface area contributed by atoms with Gasteiger partial charge in [0.25, 0.3) is 0 Å². The Morgan fingerprint density at radius 3 is 1.91 bits per heavy atom. The molecule has 2 heteroatoms. The van der Waals surface area contributed by atoms with Crippen LogP contribution in [0, 0.1) is 6.92 Å². The Balaban J connectivity index is 1.72. The molecule has 0 bridgehead atoms. The fourth-order valence-electron chi connectivity index (χ4n) is 4.51. The van der Waals surface area contributed by atoms with Crippen LogP contribution in [0.5, 0.6) is 0 Å². The van der Waals surface area contributed by atoms with Crippen LogP contribution in [0.15, 0.2) is 121 Å². The first kappa shape index (κ1) is 20.0. The van der Waals surface area contributed by atoms with Crippen LogP contribution in [0.4, 0.5) is 5.69 Å². The van der Waals surface area contributed by atoms with Gasteiger partial charge in [-0.05, 0) is 30.2 Å². The van der Waals surface area contributed by atoms with E-state index >= 15 is 0 Å². The highest BCUT2D eigenvalue weighted by Gasteiger charge is 2.37. The summed E-state index contributed by atoms with van der Waals surface area (Å²) in [6, 6.07) is 39.0. The number of carbonyl (C=O) groups excluding carboxylic acids is 1. The summed E-state index contributed by atoms with van der Waals surface area (Å²) >= 11 is 0. The Labute approximate surface area is 189 Å². The molecular weight excluding hydrogens is 390 g/mol. The molecule has 0 unspecified atom stereocenters. The van der Waals surface area contributed by atoms with Crippen molar-refractivity contribution in [1.29, 1.82) is 0 Å². The Bertz CT molecular complexity index is 1240. The van der Waals surface area contributed by atoms with Crippen LogP contribution >= 0.6 is 0 Å². The number of aryl methyl sites for hydroxylation is 1. The molecule has 0 fully saturated rings. The molecule has 2 nitrogen and oxygen atoms in total. The zero-order valence-electron chi connectivity index (χ0n) is 18.1. The summed E-state index contributed by atoms with van der Waals surface area (Å²) in [5.41, 5.74) is 7.18. The molecule has 32 heavy (non-hydrogen) atoms. The topological polar surface area (TPSA) is 20.3 Å². The Morgan fingerprint density at radius 2 is 1.28 bits per heavy atom. The quantitative estimate of drug-likeness (QED) is 0.320. The molecule has 4 aromatic carbocycles. The van der Waals surface area contributed by atoms with Gasteiger partial charge in [-0.2, -0.15) is 0 Å². The highest BCUT2D eigenvalue weighted by atomic mass is 16.1. The predicted molar refractivity (Wildman–Crippen MR) is 132 cm³/mol. The van der Waals surface area contributed by atoms with Gasteiger partial charge in [0.1, 0.15) is 0 Å². The van der Waals surface area contributed by atoms with Gasteiger partial charge in [-0.3, -0.25) is 4.79 Å². The first-order valence-electron chi connectivity index (χ1n) is 11.0. The van der Waals surface area contributed by atoms with E-state index in [1.165, 1.54) is 11.1 Å². The van der Waals surface area contributed by atoms with Crippen molar-refractivity contribution in [3.05, 3.63) is 143 Å². The van der Waals surface area contributed by atoms with Gasteiger partial charge in [0.2, 0.25) is 0 Å². The number of hydrogen-bond donors (Lipinski definition) is 0. The molecular formula is C30H25NO. The normalized spacial score (nSPS) is 15.8. The van der Waals surface area contributed by atoms with E-state index in [9.17, 15) is 4.79 Å². The third-order valence-corrected chi connectivity index (χ3v) is 6.09. The molecule has 156 valence electrons. The molecule has 0 aliphatic carbocycles. The van der Waals surface area contributed by atoms with Crippen LogP contribution in [0.2, 0.25) is 0 Å². The third-order valence-electron chi connectivity index (χ3n) is 6.09. The van der Waals surface area contributed by atoms with Crippen molar-refractivity contribution < 1.29 is 4.79 Å². The zero-order chi connectivity index (χ0) is 21.9. The van der Waals surface area contributed by atoms with Crippen LogP contribution in [-0.4, -0.2) is 5.78 Å². The minimum atomic E-state index is 0.0517. The fourth-order valence-corrected chi connectivity index (χ4v) is 4.51. The Morgan fingerprint density at radius 1 is 0.719 bits per heavy atom. The molecule has 0 N–H and O–H groups in total. The molecule has 1 atom stereocenters. The van der Waals surface area contributed by atoms with E-state index in [2.05, 4.69) is 72.5 Å². The molecule has 1 heterocycles. The highest BCUT2D eigenvalue weighted by molar-refractivity contribution is 6.15. The van der Waals surface area contributed by atoms with Crippen LogP contribution in [-0.2, 0) is 0 Å². The van der Waals surface area contributed by atoms with Crippen LogP contribution < -0.4 is 4.90 Å². The van der Waals surface area contributed by atoms with Crippen molar-refractivity contribution in [2.24, 2.45) is 0 Å². The maximum Gasteiger partial charge on any atom is 0.191 e. The largest absolute Gasteiger partial charge is 0.333 e. The van der Waals surface area contributed by atoms with E-state index in [0.717, 1.165) is 28.1 Å². The average Bonchev–Trinajstić information content (AvgIpc) is 3.26. The molecule has 0 amide bonds. The van der Waals surface area contributed by atoms with Crippen LogP contribution in [0.1, 0.15) is 39.5 Å². The van der Waals surface area contributed by atoms with E-state index in [0.29, 0.717) is 6.42 Å². The van der Waals surface area contributed by atoms with Crippen LogP contribution in [0.3, 0.4) is 0 Å². The maximum absolute atomic E-state index is 13.8. The Kier molecular flexibility index (Phi) is 5.43. The summed E-state index contributed by atoms with van der Waals surface area (Å²) in [6.07, 6.45) is 0.663. The lowest BCUT2D eigenvalue weighted by Gasteiger charge is -2.30. The van der Waals surface area contributed by atoms with Gasteiger partial charge in [0, 0.05) is 23.2 Å². The van der Waals surface area contributed by atoms with Gasteiger partial charge in [0.05, 0.1) is 11.7 Å². The standard InChI is InChI=1S/C30H25NO/c1-22-17-19-23(20-18-22)28-21-27(30(32)25-13-7-3-8-14-25)29(24-11-5-2-6-12-24)31(28)26-15-9-4-10-16-26/h2-20,28H,21H2,1H3/t28-/m1/s1. The molecule has 4 aromatic rings. The number of nitrogens with zero attached hydrogens (tertiary/aromatic N) is 1. The van der Waals surface area contributed by atoms with Gasteiger partial charge in [0.15, 0.2) is 5.78 Å². The highest BCUT2D eigenvalue weighted by Crippen LogP contribution is 2.47. The summed E-state index contributed by atoms with van der Waals surface area (Å²) < 4.78 is 0. The van der Waals surface area contributed by atoms with Gasteiger partial charge >= 0.3 is 0 Å². The van der Waals surface area contributed by atoms with Gasteiger partial charge in [-0.1, -0.05) is 109 Å². The summed E-state index contributed by atoms with van der Waals surface area (Å²) in [4.78, 5) is 16.1. The fraction of sp³-hybridized carbons (Fsp3) is 0.100. The van der Waals surface area contributed by atoms with E-state index in [4.69, 9.17) is 0 Å². The summed E-state index contributed by atoms with van der Waals surface area (Å²) in [5, 5.41) is 0. The van der Waals surface area contributed by atoms with Gasteiger partial charge < -0.3 is 4.90 Å². The van der Waals surface area contributed by atoms with Gasteiger partial charge in [-0.25, -0.2) is 0 Å². The molecule has 1 aliphatic rings. The lowest BCUT2D eigenvalue weighted by atomic mass is 9.95. The summed E-state index contributed by atoms with van der Waals surface area (Å²) in [5.74, 6) is 0.0972. The van der Waals surface area contributed by atoms with Crippen molar-refractivity contribution in [2.75, 3.05) is 4.90 Å². The number of hydrogen-bond acceptors (Lipinski definition) is 2. The van der Waals surface area contributed by atoms with Crippen LogP contribution in [0.25, 0.3) is 5.70 Å². The second-order valence-electron chi connectivity index (χ2n) is 8.22. The molecule has 0 aromatic heterocycles. The van der Waals surface area contributed by atoms with E-state index < -0.39 is 0 Å². The number of anilines is 1. The molecule has 0 saturated heterocycles. The van der Waals surface area contributed by atoms with Gasteiger partial charge in [-0.15, -0.1) is 0 Å². The van der Waals surface area contributed by atoms with Crippen molar-refractivity contribution in [1.82, 2.24) is 0 Å². The third kappa shape index (κ3) is 3.76. The van der Waals surface area contributed by atoms with E-state index in [-0.39, 0.29) is 11.8 Å². The molecule has 0 saturated carbocycles. The smallest absolute Gasteiger partial charge is 0.191 e. The minimum absolute atomic E-state index is 0.0517.